The molecule has 1 saturated heterocycles. The number of nitrogens with zero attached hydrogens (tertiary/aromatic N) is 3. The van der Waals surface area contributed by atoms with Gasteiger partial charge in [-0.3, -0.25) is 0 Å². The molecular formula is C10H16N5O2S. The van der Waals surface area contributed by atoms with Gasteiger partial charge in [-0.25, -0.2) is 17.7 Å². The topological polar surface area (TPSA) is 101 Å². The first-order valence-corrected chi connectivity index (χ1v) is 7.52. The van der Waals surface area contributed by atoms with Crippen molar-refractivity contribution in [2.24, 2.45) is 0 Å². The van der Waals surface area contributed by atoms with Crippen molar-refractivity contribution in [3.8, 4) is 0 Å². The first-order valence-electron chi connectivity index (χ1n) is 5.67. The highest BCUT2D eigenvalue weighted by Gasteiger charge is 2.25. The number of nitrogens with one attached hydrogen (secondary N) is 1. The summed E-state index contributed by atoms with van der Waals surface area (Å²) in [6, 6.07) is 2.83. The molecule has 0 aliphatic carbocycles. The molecule has 0 spiro atoms. The minimum Gasteiger partial charge on any atom is -0.383 e. The van der Waals surface area contributed by atoms with Crippen molar-refractivity contribution in [2.45, 2.75) is 18.9 Å². The molecule has 1 aromatic heterocycles. The van der Waals surface area contributed by atoms with Gasteiger partial charge in [-0.2, -0.15) is 4.98 Å². The van der Waals surface area contributed by atoms with E-state index in [1.807, 2.05) is 0 Å². The minimum atomic E-state index is -3.08. The molecule has 2 rings (SSSR count). The highest BCUT2D eigenvalue weighted by atomic mass is 32.2. The van der Waals surface area contributed by atoms with E-state index in [0.717, 1.165) is 12.8 Å². The van der Waals surface area contributed by atoms with Crippen LogP contribution in [-0.2, 0) is 10.0 Å². The second-order valence-corrected chi connectivity index (χ2v) is 6.29. The smallest absolute Gasteiger partial charge is 0.224 e. The first-order chi connectivity index (χ1) is 8.45. The van der Waals surface area contributed by atoms with Crippen molar-refractivity contribution in [1.82, 2.24) is 14.3 Å². The summed E-state index contributed by atoms with van der Waals surface area (Å²) in [7, 11) is -3.08. The lowest BCUT2D eigenvalue weighted by Crippen LogP contribution is -2.42. The fraction of sp³-hybridized carbons (Fsp3) is 0.600. The van der Waals surface area contributed by atoms with Crippen LogP contribution in [0.5, 0.6) is 0 Å². The number of anilines is 2. The number of nitrogens with two attached hydrogens (primary N) is 1. The minimum absolute atomic E-state index is 0.171. The van der Waals surface area contributed by atoms with Gasteiger partial charge in [-0.1, -0.05) is 0 Å². The van der Waals surface area contributed by atoms with E-state index in [1.165, 1.54) is 16.8 Å². The van der Waals surface area contributed by atoms with E-state index in [2.05, 4.69) is 21.4 Å². The van der Waals surface area contributed by atoms with Crippen molar-refractivity contribution in [1.29, 1.82) is 0 Å². The second kappa shape index (κ2) is 5.07. The van der Waals surface area contributed by atoms with Gasteiger partial charge in [0, 0.05) is 31.4 Å². The molecule has 7 nitrogen and oxygen atoms in total. The molecule has 1 fully saturated rings. The zero-order chi connectivity index (χ0) is 13.2. The van der Waals surface area contributed by atoms with Gasteiger partial charge in [0.2, 0.25) is 16.0 Å². The average Bonchev–Trinajstić information content (AvgIpc) is 2.28. The molecule has 0 amide bonds. The maximum atomic E-state index is 11.4. The van der Waals surface area contributed by atoms with E-state index in [0.29, 0.717) is 24.9 Å². The molecule has 0 aromatic carbocycles. The Balaban J connectivity index is 1.91. The van der Waals surface area contributed by atoms with Crippen LogP contribution in [0.1, 0.15) is 12.8 Å². The van der Waals surface area contributed by atoms with Gasteiger partial charge in [0.05, 0.1) is 6.26 Å². The molecule has 2 heterocycles. The average molecular weight is 270 g/mol. The number of piperidine rings is 1. The van der Waals surface area contributed by atoms with Crippen molar-refractivity contribution < 1.29 is 8.42 Å². The van der Waals surface area contributed by atoms with E-state index in [4.69, 9.17) is 5.73 Å². The third kappa shape index (κ3) is 3.30. The molecule has 1 aliphatic heterocycles. The van der Waals surface area contributed by atoms with Gasteiger partial charge in [0.15, 0.2) is 0 Å². The Morgan fingerprint density at radius 3 is 2.72 bits per heavy atom. The van der Waals surface area contributed by atoms with E-state index in [9.17, 15) is 8.42 Å². The van der Waals surface area contributed by atoms with Crippen LogP contribution in [0.15, 0.2) is 6.20 Å². The Hall–Kier alpha value is -1.41. The van der Waals surface area contributed by atoms with Crippen LogP contribution in [0.3, 0.4) is 0 Å². The highest BCUT2D eigenvalue weighted by Crippen LogP contribution is 2.16. The molecule has 1 radical (unpaired) electrons. The van der Waals surface area contributed by atoms with Crippen LogP contribution in [0.4, 0.5) is 11.8 Å². The number of hydrogen-bond donors (Lipinski definition) is 2. The molecule has 0 saturated carbocycles. The molecular weight excluding hydrogens is 254 g/mol. The standard InChI is InChI=1S/C10H16N5O2S/c1-18(16,17)15-6-3-8(4-7-15)13-10-12-5-2-9(11)14-10/h5,8H,3-4,6-7H2,1H3,(H3,11,12,13,14). The Morgan fingerprint density at radius 2 is 2.17 bits per heavy atom. The van der Waals surface area contributed by atoms with Crippen LogP contribution in [0.25, 0.3) is 0 Å². The zero-order valence-corrected chi connectivity index (χ0v) is 10.9. The quantitative estimate of drug-likeness (QED) is 0.781. The van der Waals surface area contributed by atoms with Crippen LogP contribution >= 0.6 is 0 Å². The lowest BCUT2D eigenvalue weighted by molar-refractivity contribution is 0.331. The third-order valence-electron chi connectivity index (χ3n) is 2.88. The number of nitrogen functional groups attached to an aromatic ring is 1. The molecule has 0 bridgehead atoms. The monoisotopic (exact) mass is 270 g/mol. The van der Waals surface area contributed by atoms with Gasteiger partial charge in [-0.05, 0) is 12.8 Å². The fourth-order valence-corrected chi connectivity index (χ4v) is 2.79. The Labute approximate surface area is 106 Å². The summed E-state index contributed by atoms with van der Waals surface area (Å²) in [6.07, 6.45) is 4.16. The summed E-state index contributed by atoms with van der Waals surface area (Å²) in [5.74, 6) is 0.755. The van der Waals surface area contributed by atoms with Gasteiger partial charge >= 0.3 is 0 Å². The van der Waals surface area contributed by atoms with E-state index in [1.54, 1.807) is 0 Å². The summed E-state index contributed by atoms with van der Waals surface area (Å²) in [4.78, 5) is 8.02. The van der Waals surface area contributed by atoms with Crippen molar-refractivity contribution in [3.63, 3.8) is 0 Å². The van der Waals surface area contributed by atoms with E-state index >= 15 is 0 Å². The van der Waals surface area contributed by atoms with Crippen molar-refractivity contribution >= 4 is 21.8 Å². The Kier molecular flexibility index (Phi) is 3.67. The molecule has 1 aliphatic rings. The summed E-state index contributed by atoms with van der Waals surface area (Å²) in [6.45, 7) is 1.04. The third-order valence-corrected chi connectivity index (χ3v) is 4.18. The summed E-state index contributed by atoms with van der Waals surface area (Å²) in [5, 5.41) is 3.15. The number of aromatic nitrogens is 2. The molecule has 3 N–H and O–H groups in total. The molecule has 18 heavy (non-hydrogen) atoms. The molecule has 99 valence electrons. The van der Waals surface area contributed by atoms with Crippen LogP contribution in [0, 0.1) is 6.07 Å². The molecule has 0 atom stereocenters. The lowest BCUT2D eigenvalue weighted by Gasteiger charge is -2.30. The Morgan fingerprint density at radius 1 is 1.50 bits per heavy atom. The second-order valence-electron chi connectivity index (χ2n) is 4.30. The van der Waals surface area contributed by atoms with Gasteiger partial charge in [0.25, 0.3) is 0 Å². The summed E-state index contributed by atoms with van der Waals surface area (Å²) < 4.78 is 24.2. The number of hydrogen-bond acceptors (Lipinski definition) is 6. The summed E-state index contributed by atoms with van der Waals surface area (Å²) in [5.41, 5.74) is 5.51. The van der Waals surface area contributed by atoms with Gasteiger partial charge < -0.3 is 11.1 Å². The van der Waals surface area contributed by atoms with Crippen molar-refractivity contribution in [3.05, 3.63) is 12.3 Å². The Bertz CT molecular complexity index is 511. The summed E-state index contributed by atoms with van der Waals surface area (Å²) >= 11 is 0. The SMILES string of the molecule is CS(=O)(=O)N1CCC(Nc2nc[c]c(N)n2)CC1. The van der Waals surface area contributed by atoms with Crippen molar-refractivity contribution in [2.75, 3.05) is 30.4 Å². The lowest BCUT2D eigenvalue weighted by atomic mass is 10.1. The largest absolute Gasteiger partial charge is 0.383 e. The number of sulfonamides is 1. The van der Waals surface area contributed by atoms with Gasteiger partial charge in [-0.15, -0.1) is 0 Å². The predicted molar refractivity (Wildman–Crippen MR) is 68.3 cm³/mol. The zero-order valence-electron chi connectivity index (χ0n) is 10.1. The molecule has 1 aromatic rings. The molecule has 0 unspecified atom stereocenters. The van der Waals surface area contributed by atoms with E-state index in [-0.39, 0.29) is 6.04 Å². The van der Waals surface area contributed by atoms with E-state index < -0.39 is 10.0 Å². The normalized spacial score (nSPS) is 18.7. The molecule has 8 heteroatoms. The maximum absolute atomic E-state index is 11.4. The van der Waals surface area contributed by atoms with Gasteiger partial charge in [0.1, 0.15) is 5.82 Å². The van der Waals surface area contributed by atoms with Crippen LogP contribution in [-0.4, -0.2) is 48.1 Å². The highest BCUT2D eigenvalue weighted by molar-refractivity contribution is 7.88. The maximum Gasteiger partial charge on any atom is 0.224 e. The fourth-order valence-electron chi connectivity index (χ4n) is 1.92. The van der Waals surface area contributed by atoms with Crippen LogP contribution in [0.2, 0.25) is 0 Å². The number of rotatable bonds is 3. The predicted octanol–water partition coefficient (Wildman–Crippen LogP) is -0.305. The van der Waals surface area contributed by atoms with Crippen LogP contribution < -0.4 is 11.1 Å². The first kappa shape index (κ1) is 13.0.